The standard InChI is InChI=1S/C11H20N6O/c1-8-14-10(18-17-8)7-13-11(16-12)15-9-5-3-2-4-6-9/h9H,2-7,12H2,1H3,(H2,13,15,16). The number of aliphatic imine (C=N–C) groups is 1. The first-order chi connectivity index (χ1) is 8.78. The smallest absolute Gasteiger partial charge is 0.248 e. The van der Waals surface area contributed by atoms with Crippen LogP contribution in [0.2, 0.25) is 0 Å². The molecule has 1 heterocycles. The zero-order chi connectivity index (χ0) is 12.8. The number of hydrogen-bond donors (Lipinski definition) is 3. The Bertz CT molecular complexity index is 396. The van der Waals surface area contributed by atoms with Crippen molar-refractivity contribution in [2.75, 3.05) is 0 Å². The molecule has 0 unspecified atom stereocenters. The van der Waals surface area contributed by atoms with E-state index in [1.165, 1.54) is 32.1 Å². The van der Waals surface area contributed by atoms with E-state index >= 15 is 0 Å². The largest absolute Gasteiger partial charge is 0.353 e. The Balaban J connectivity index is 1.86. The van der Waals surface area contributed by atoms with Crippen LogP contribution in [0.25, 0.3) is 0 Å². The van der Waals surface area contributed by atoms with Gasteiger partial charge in [0.1, 0.15) is 6.54 Å². The van der Waals surface area contributed by atoms with Gasteiger partial charge in [0.05, 0.1) is 0 Å². The van der Waals surface area contributed by atoms with Crippen LogP contribution in [0.4, 0.5) is 0 Å². The van der Waals surface area contributed by atoms with Gasteiger partial charge >= 0.3 is 0 Å². The number of hydrogen-bond acceptors (Lipinski definition) is 5. The number of nitrogens with one attached hydrogen (secondary N) is 2. The second-order valence-corrected chi connectivity index (χ2v) is 4.52. The highest BCUT2D eigenvalue weighted by molar-refractivity contribution is 5.79. The summed E-state index contributed by atoms with van der Waals surface area (Å²) in [6.45, 7) is 2.11. The van der Waals surface area contributed by atoms with Crippen molar-refractivity contribution in [2.45, 2.75) is 51.6 Å². The first kappa shape index (κ1) is 12.8. The number of nitrogens with two attached hydrogens (primary N) is 1. The normalized spacial score (nSPS) is 17.8. The summed E-state index contributed by atoms with van der Waals surface area (Å²) in [6.07, 6.45) is 6.18. The van der Waals surface area contributed by atoms with Crippen LogP contribution in [0.15, 0.2) is 9.52 Å². The molecule has 0 radical (unpaired) electrons. The van der Waals surface area contributed by atoms with Crippen molar-refractivity contribution in [1.82, 2.24) is 20.9 Å². The van der Waals surface area contributed by atoms with E-state index in [4.69, 9.17) is 10.4 Å². The van der Waals surface area contributed by atoms with Crippen molar-refractivity contribution in [3.8, 4) is 0 Å². The van der Waals surface area contributed by atoms with Gasteiger partial charge in [-0.2, -0.15) is 4.98 Å². The Kier molecular flexibility index (Phi) is 4.52. The maximum Gasteiger partial charge on any atom is 0.248 e. The highest BCUT2D eigenvalue weighted by Gasteiger charge is 2.14. The van der Waals surface area contributed by atoms with Gasteiger partial charge in [0.2, 0.25) is 11.9 Å². The van der Waals surface area contributed by atoms with Crippen LogP contribution < -0.4 is 16.6 Å². The van der Waals surface area contributed by atoms with Gasteiger partial charge in [-0.05, 0) is 19.8 Å². The molecule has 0 amide bonds. The summed E-state index contributed by atoms with van der Waals surface area (Å²) in [7, 11) is 0. The molecule has 0 atom stereocenters. The minimum Gasteiger partial charge on any atom is -0.353 e. The highest BCUT2D eigenvalue weighted by atomic mass is 16.5. The number of nitrogens with zero attached hydrogens (tertiary/aromatic N) is 3. The van der Waals surface area contributed by atoms with Crippen molar-refractivity contribution in [1.29, 1.82) is 0 Å². The lowest BCUT2D eigenvalue weighted by atomic mass is 9.96. The van der Waals surface area contributed by atoms with E-state index in [1.54, 1.807) is 6.92 Å². The second kappa shape index (κ2) is 6.34. The summed E-state index contributed by atoms with van der Waals surface area (Å²) >= 11 is 0. The Hall–Kier alpha value is -1.63. The van der Waals surface area contributed by atoms with Gasteiger partial charge in [-0.1, -0.05) is 24.4 Å². The van der Waals surface area contributed by atoms with Crippen LogP contribution in [0.5, 0.6) is 0 Å². The summed E-state index contributed by atoms with van der Waals surface area (Å²) < 4.78 is 4.98. The molecule has 7 nitrogen and oxygen atoms in total. The maximum atomic E-state index is 5.45. The molecule has 1 aliphatic rings. The van der Waals surface area contributed by atoms with Gasteiger partial charge in [0.15, 0.2) is 5.82 Å². The van der Waals surface area contributed by atoms with Crippen molar-refractivity contribution >= 4 is 5.96 Å². The van der Waals surface area contributed by atoms with Crippen LogP contribution in [-0.4, -0.2) is 22.1 Å². The Morgan fingerprint density at radius 2 is 2.22 bits per heavy atom. The number of guanidine groups is 1. The van der Waals surface area contributed by atoms with E-state index < -0.39 is 0 Å². The average Bonchev–Trinajstić information content (AvgIpc) is 2.81. The molecule has 1 saturated carbocycles. The topological polar surface area (TPSA) is 101 Å². The predicted octanol–water partition coefficient (Wildman–Crippen LogP) is 0.620. The Morgan fingerprint density at radius 1 is 1.44 bits per heavy atom. The lowest BCUT2D eigenvalue weighted by Gasteiger charge is -2.24. The van der Waals surface area contributed by atoms with Gasteiger partial charge < -0.3 is 9.84 Å². The summed E-state index contributed by atoms with van der Waals surface area (Å²) in [5, 5.41) is 7.02. The van der Waals surface area contributed by atoms with E-state index in [1.807, 2.05) is 0 Å². The minimum atomic E-state index is 0.333. The summed E-state index contributed by atoms with van der Waals surface area (Å²) in [6, 6.07) is 0.456. The molecule has 1 aromatic rings. The third kappa shape index (κ3) is 3.69. The van der Waals surface area contributed by atoms with E-state index in [2.05, 4.69) is 25.9 Å². The maximum absolute atomic E-state index is 5.45. The molecule has 1 aromatic heterocycles. The summed E-state index contributed by atoms with van der Waals surface area (Å²) in [5.41, 5.74) is 2.58. The lowest BCUT2D eigenvalue weighted by Crippen LogP contribution is -2.47. The molecule has 7 heteroatoms. The quantitative estimate of drug-likeness (QED) is 0.315. The molecule has 1 fully saturated rings. The van der Waals surface area contributed by atoms with Crippen molar-refractivity contribution in [3.05, 3.63) is 11.7 Å². The Labute approximate surface area is 106 Å². The van der Waals surface area contributed by atoms with Crippen LogP contribution in [0.3, 0.4) is 0 Å². The zero-order valence-corrected chi connectivity index (χ0v) is 10.6. The molecular weight excluding hydrogens is 232 g/mol. The van der Waals surface area contributed by atoms with Gasteiger partial charge in [0, 0.05) is 6.04 Å². The Morgan fingerprint density at radius 3 is 2.83 bits per heavy atom. The monoisotopic (exact) mass is 252 g/mol. The van der Waals surface area contributed by atoms with Gasteiger partial charge in [-0.25, -0.2) is 10.8 Å². The molecule has 100 valence electrons. The van der Waals surface area contributed by atoms with E-state index in [0.29, 0.717) is 30.3 Å². The number of hydrazine groups is 1. The predicted molar refractivity (Wildman–Crippen MR) is 67.5 cm³/mol. The fourth-order valence-electron chi connectivity index (χ4n) is 2.12. The molecule has 1 aliphatic carbocycles. The SMILES string of the molecule is Cc1noc(CN=C(NN)NC2CCCCC2)n1. The van der Waals surface area contributed by atoms with Crippen molar-refractivity contribution < 1.29 is 4.52 Å². The van der Waals surface area contributed by atoms with Crippen LogP contribution in [0.1, 0.15) is 43.8 Å². The van der Waals surface area contributed by atoms with E-state index in [9.17, 15) is 0 Å². The second-order valence-electron chi connectivity index (χ2n) is 4.52. The molecule has 0 saturated heterocycles. The van der Waals surface area contributed by atoms with Gasteiger partial charge in [-0.15, -0.1) is 0 Å². The lowest BCUT2D eigenvalue weighted by molar-refractivity contribution is 0.375. The summed E-state index contributed by atoms with van der Waals surface area (Å²) in [5.74, 6) is 7.14. The fourth-order valence-corrected chi connectivity index (χ4v) is 2.12. The number of rotatable bonds is 3. The average molecular weight is 252 g/mol. The molecule has 0 bridgehead atoms. The zero-order valence-electron chi connectivity index (χ0n) is 10.6. The van der Waals surface area contributed by atoms with Crippen molar-refractivity contribution in [3.63, 3.8) is 0 Å². The van der Waals surface area contributed by atoms with Crippen LogP contribution >= 0.6 is 0 Å². The summed E-state index contributed by atoms with van der Waals surface area (Å²) in [4.78, 5) is 8.38. The number of aromatic nitrogens is 2. The molecule has 0 aliphatic heterocycles. The molecule has 18 heavy (non-hydrogen) atoms. The third-order valence-corrected chi connectivity index (χ3v) is 3.02. The molecule has 0 spiro atoms. The van der Waals surface area contributed by atoms with E-state index in [-0.39, 0.29) is 0 Å². The fraction of sp³-hybridized carbons (Fsp3) is 0.727. The van der Waals surface area contributed by atoms with Crippen molar-refractivity contribution in [2.24, 2.45) is 10.8 Å². The van der Waals surface area contributed by atoms with Gasteiger partial charge in [-0.3, -0.25) is 5.43 Å². The number of aryl methyl sites for hydroxylation is 1. The highest BCUT2D eigenvalue weighted by Crippen LogP contribution is 2.17. The third-order valence-electron chi connectivity index (χ3n) is 3.02. The van der Waals surface area contributed by atoms with Crippen LogP contribution in [0, 0.1) is 6.92 Å². The minimum absolute atomic E-state index is 0.333. The molecular formula is C11H20N6O. The first-order valence-electron chi connectivity index (χ1n) is 6.34. The molecule has 2 rings (SSSR count). The van der Waals surface area contributed by atoms with Gasteiger partial charge in [0.25, 0.3) is 0 Å². The van der Waals surface area contributed by atoms with E-state index in [0.717, 1.165) is 0 Å². The molecule has 4 N–H and O–H groups in total. The molecule has 0 aromatic carbocycles. The van der Waals surface area contributed by atoms with Crippen LogP contribution in [-0.2, 0) is 6.54 Å². The first-order valence-corrected chi connectivity index (χ1v) is 6.34.